The summed E-state index contributed by atoms with van der Waals surface area (Å²) in [7, 11) is 0. The van der Waals surface area contributed by atoms with Crippen LogP contribution in [0, 0.1) is 11.6 Å². The molecule has 0 radical (unpaired) electrons. The molecule has 1 aromatic carbocycles. The number of aryl methyl sites for hydroxylation is 2. The van der Waals surface area contributed by atoms with Gasteiger partial charge in [-0.25, -0.2) is 23.4 Å². The summed E-state index contributed by atoms with van der Waals surface area (Å²) >= 11 is 0. The molecule has 2 aromatic heterocycles. The lowest BCUT2D eigenvalue weighted by atomic mass is 10.1. The molecule has 0 spiro atoms. The fourth-order valence-corrected chi connectivity index (χ4v) is 2.67. The van der Waals surface area contributed by atoms with Gasteiger partial charge in [0.05, 0.1) is 0 Å². The van der Waals surface area contributed by atoms with Crippen LogP contribution >= 0.6 is 0 Å². The van der Waals surface area contributed by atoms with E-state index < -0.39 is 11.6 Å². The van der Waals surface area contributed by atoms with Gasteiger partial charge in [-0.2, -0.15) is 5.10 Å². The smallest absolute Gasteiger partial charge is 0.158 e. The predicted molar refractivity (Wildman–Crippen MR) is 99.4 cm³/mol. The molecule has 3 aromatic rings. The Labute approximate surface area is 150 Å². The minimum Gasteiger partial charge on any atom is -0.250 e. The molecule has 0 aliphatic heterocycles. The van der Waals surface area contributed by atoms with Gasteiger partial charge in [-0.15, -0.1) is 0 Å². The maximum absolute atomic E-state index is 13.9. The number of pyridine rings is 1. The third-order valence-corrected chi connectivity index (χ3v) is 4.20. The van der Waals surface area contributed by atoms with Crippen LogP contribution in [0.5, 0.6) is 0 Å². The SMILES string of the molecule is C=C(C)c1nc(CCc2ccc3c(F)ccc(F)c3n2)nn1/C(C)=C\C. The molecule has 4 nitrogen and oxygen atoms in total. The van der Waals surface area contributed by atoms with Gasteiger partial charge in [0.15, 0.2) is 11.6 Å². The van der Waals surface area contributed by atoms with E-state index in [-0.39, 0.29) is 10.9 Å². The van der Waals surface area contributed by atoms with Crippen molar-refractivity contribution in [3.63, 3.8) is 0 Å². The quantitative estimate of drug-likeness (QED) is 0.661. The molecular weight excluding hydrogens is 334 g/mol. The van der Waals surface area contributed by atoms with Crippen LogP contribution in [0.3, 0.4) is 0 Å². The highest BCUT2D eigenvalue weighted by Crippen LogP contribution is 2.20. The van der Waals surface area contributed by atoms with Crippen LogP contribution < -0.4 is 0 Å². The van der Waals surface area contributed by atoms with Crippen molar-refractivity contribution >= 4 is 22.2 Å². The van der Waals surface area contributed by atoms with Crippen LogP contribution in [0.25, 0.3) is 22.2 Å². The number of halogens is 2. The van der Waals surface area contributed by atoms with E-state index in [0.717, 1.165) is 29.2 Å². The molecule has 0 aliphatic carbocycles. The number of aromatic nitrogens is 4. The molecule has 0 fully saturated rings. The molecule has 3 rings (SSSR count). The van der Waals surface area contributed by atoms with Gasteiger partial charge in [-0.1, -0.05) is 12.7 Å². The van der Waals surface area contributed by atoms with E-state index in [1.165, 1.54) is 0 Å². The number of allylic oxidation sites excluding steroid dienone is 3. The minimum atomic E-state index is -0.529. The second kappa shape index (κ2) is 7.15. The zero-order valence-corrected chi connectivity index (χ0v) is 15.1. The third-order valence-electron chi connectivity index (χ3n) is 4.20. The topological polar surface area (TPSA) is 43.6 Å². The minimum absolute atomic E-state index is 0.0494. The summed E-state index contributed by atoms with van der Waals surface area (Å²) in [5, 5.41) is 4.71. The van der Waals surface area contributed by atoms with Crippen LogP contribution in [-0.4, -0.2) is 19.7 Å². The Kier molecular flexibility index (Phi) is 4.93. The fraction of sp³-hybridized carbons (Fsp3) is 0.250. The number of nitrogens with zero attached hydrogens (tertiary/aromatic N) is 4. The van der Waals surface area contributed by atoms with Gasteiger partial charge in [-0.05, 0) is 57.0 Å². The molecule has 0 bridgehead atoms. The molecule has 0 aliphatic rings. The highest BCUT2D eigenvalue weighted by Gasteiger charge is 2.13. The highest BCUT2D eigenvalue weighted by atomic mass is 19.1. The van der Waals surface area contributed by atoms with Crippen molar-refractivity contribution in [2.75, 3.05) is 0 Å². The van der Waals surface area contributed by atoms with E-state index in [9.17, 15) is 8.78 Å². The average Bonchev–Trinajstić information content (AvgIpc) is 3.07. The number of hydrogen-bond donors (Lipinski definition) is 0. The van der Waals surface area contributed by atoms with Crippen LogP contribution in [-0.2, 0) is 12.8 Å². The first-order chi connectivity index (χ1) is 12.4. The van der Waals surface area contributed by atoms with E-state index in [2.05, 4.69) is 21.6 Å². The van der Waals surface area contributed by atoms with E-state index in [1.807, 2.05) is 26.8 Å². The monoisotopic (exact) mass is 354 g/mol. The summed E-state index contributed by atoms with van der Waals surface area (Å²) in [6.45, 7) is 9.72. The van der Waals surface area contributed by atoms with E-state index in [1.54, 1.807) is 16.8 Å². The summed E-state index contributed by atoms with van der Waals surface area (Å²) in [6.07, 6.45) is 3.02. The van der Waals surface area contributed by atoms with Gasteiger partial charge in [0.2, 0.25) is 0 Å². The summed E-state index contributed by atoms with van der Waals surface area (Å²) in [6, 6.07) is 5.47. The van der Waals surface area contributed by atoms with E-state index in [0.29, 0.717) is 24.4 Å². The Bertz CT molecular complexity index is 1020. The van der Waals surface area contributed by atoms with E-state index in [4.69, 9.17) is 0 Å². The fourth-order valence-electron chi connectivity index (χ4n) is 2.67. The standard InChI is InChI=1S/C20H20F2N4/c1-5-13(4)26-20(12(2)3)24-18(25-26)11-7-14-6-8-15-16(21)9-10-17(22)19(15)23-14/h5-6,8-10H,2,7,11H2,1,3-4H3/b13-5-. The van der Waals surface area contributed by atoms with Crippen molar-refractivity contribution in [3.8, 4) is 0 Å². The summed E-state index contributed by atoms with van der Waals surface area (Å²) in [5.41, 5.74) is 2.50. The molecule has 0 N–H and O–H groups in total. The summed E-state index contributed by atoms with van der Waals surface area (Å²) in [5.74, 6) is 0.369. The zero-order valence-electron chi connectivity index (χ0n) is 15.1. The molecule has 6 heteroatoms. The maximum atomic E-state index is 13.9. The second-order valence-corrected chi connectivity index (χ2v) is 6.20. The first-order valence-corrected chi connectivity index (χ1v) is 8.39. The molecule has 26 heavy (non-hydrogen) atoms. The van der Waals surface area contributed by atoms with Gasteiger partial charge in [0.1, 0.15) is 17.2 Å². The molecule has 134 valence electrons. The second-order valence-electron chi connectivity index (χ2n) is 6.20. The number of hydrogen-bond acceptors (Lipinski definition) is 3. The number of rotatable bonds is 5. The van der Waals surface area contributed by atoms with Crippen molar-refractivity contribution in [1.82, 2.24) is 19.7 Å². The van der Waals surface area contributed by atoms with Crippen molar-refractivity contribution in [2.45, 2.75) is 33.6 Å². The number of benzene rings is 1. The highest BCUT2D eigenvalue weighted by molar-refractivity contribution is 5.79. The molecule has 0 saturated heterocycles. The molecule has 0 saturated carbocycles. The molecule has 2 heterocycles. The van der Waals surface area contributed by atoms with Crippen molar-refractivity contribution in [3.05, 3.63) is 65.9 Å². The lowest BCUT2D eigenvalue weighted by Crippen LogP contribution is -2.01. The largest absolute Gasteiger partial charge is 0.250 e. The van der Waals surface area contributed by atoms with Crippen LogP contribution in [0.4, 0.5) is 8.78 Å². The Balaban J connectivity index is 1.86. The molecule has 0 unspecified atom stereocenters. The number of fused-ring (bicyclic) bond motifs is 1. The van der Waals surface area contributed by atoms with Crippen molar-refractivity contribution in [2.24, 2.45) is 0 Å². The first kappa shape index (κ1) is 17.9. The first-order valence-electron chi connectivity index (χ1n) is 8.39. The summed E-state index contributed by atoms with van der Waals surface area (Å²) < 4.78 is 29.4. The Morgan fingerprint density at radius 3 is 2.50 bits per heavy atom. The molecule has 0 atom stereocenters. The zero-order chi connectivity index (χ0) is 18.8. The molecular formula is C20H20F2N4. The van der Waals surface area contributed by atoms with E-state index >= 15 is 0 Å². The van der Waals surface area contributed by atoms with Gasteiger partial charge in [0, 0.05) is 23.2 Å². The Morgan fingerprint density at radius 1 is 1.08 bits per heavy atom. The lowest BCUT2D eigenvalue weighted by Gasteiger charge is -2.04. The Morgan fingerprint density at radius 2 is 1.81 bits per heavy atom. The predicted octanol–water partition coefficient (Wildman–Crippen LogP) is 4.80. The third kappa shape index (κ3) is 3.40. The van der Waals surface area contributed by atoms with Gasteiger partial charge in [0.25, 0.3) is 0 Å². The van der Waals surface area contributed by atoms with Crippen molar-refractivity contribution < 1.29 is 8.78 Å². The lowest BCUT2D eigenvalue weighted by molar-refractivity contribution is 0.614. The maximum Gasteiger partial charge on any atom is 0.158 e. The van der Waals surface area contributed by atoms with Crippen LogP contribution in [0.2, 0.25) is 0 Å². The normalized spacial score (nSPS) is 12.0. The Hall–Kier alpha value is -2.89. The van der Waals surface area contributed by atoms with Gasteiger partial charge < -0.3 is 0 Å². The van der Waals surface area contributed by atoms with Gasteiger partial charge in [-0.3, -0.25) is 0 Å². The van der Waals surface area contributed by atoms with Crippen LogP contribution in [0.1, 0.15) is 38.1 Å². The van der Waals surface area contributed by atoms with Crippen LogP contribution in [0.15, 0.2) is 36.9 Å². The summed E-state index contributed by atoms with van der Waals surface area (Å²) in [4.78, 5) is 8.80. The average molecular weight is 354 g/mol. The molecule has 0 amide bonds. The van der Waals surface area contributed by atoms with Gasteiger partial charge >= 0.3 is 0 Å². The van der Waals surface area contributed by atoms with Crippen molar-refractivity contribution in [1.29, 1.82) is 0 Å².